The molecule has 1 heterocycles. The number of hydrogen-bond donors (Lipinski definition) is 0. The summed E-state index contributed by atoms with van der Waals surface area (Å²) in [4.78, 5) is 30.1. The molecule has 0 N–H and O–H groups in total. The Bertz CT molecular complexity index is 618. The number of carbonyl (C=O) groups is 2. The summed E-state index contributed by atoms with van der Waals surface area (Å²) in [6, 6.07) is 1.85. The molecule has 0 atom stereocenters. The van der Waals surface area contributed by atoms with Gasteiger partial charge in [-0.3, -0.25) is 14.3 Å². The molecule has 0 saturated heterocycles. The Morgan fingerprint density at radius 1 is 1.48 bits per heavy atom. The smallest absolute Gasteiger partial charge is 0.149 e. The van der Waals surface area contributed by atoms with E-state index < -0.39 is 5.92 Å². The van der Waals surface area contributed by atoms with Gasteiger partial charge < -0.3 is 4.84 Å². The van der Waals surface area contributed by atoms with Crippen LogP contribution < -0.4 is 0 Å². The Hall–Kier alpha value is -1.95. The Kier molecular flexibility index (Phi) is 6.10. The van der Waals surface area contributed by atoms with Crippen LogP contribution in [0, 0.1) is 5.92 Å². The molecule has 124 valence electrons. The van der Waals surface area contributed by atoms with Gasteiger partial charge in [0.2, 0.25) is 0 Å². The highest BCUT2D eigenvalue weighted by atomic mass is 35.5. The molecular formula is C16H20ClN3O3. The minimum atomic E-state index is -0.788. The van der Waals surface area contributed by atoms with Crippen LogP contribution in [0.2, 0.25) is 0 Å². The average Bonchev–Trinajstić information content (AvgIpc) is 2.95. The highest BCUT2D eigenvalue weighted by Crippen LogP contribution is 2.32. The number of aryl methyl sites for hydroxylation is 1. The first-order valence-electron chi connectivity index (χ1n) is 7.55. The molecule has 1 fully saturated rings. The van der Waals surface area contributed by atoms with E-state index in [9.17, 15) is 9.59 Å². The zero-order chi connectivity index (χ0) is 16.8. The van der Waals surface area contributed by atoms with E-state index in [2.05, 4.69) is 10.3 Å². The summed E-state index contributed by atoms with van der Waals surface area (Å²) in [6.45, 7) is 2.06. The molecule has 0 unspecified atom stereocenters. The lowest BCUT2D eigenvalue weighted by atomic mass is 9.76. The lowest BCUT2D eigenvalue weighted by Crippen LogP contribution is -2.38. The molecule has 7 heteroatoms. The van der Waals surface area contributed by atoms with Crippen molar-refractivity contribution in [2.75, 3.05) is 6.61 Å². The minimum Gasteiger partial charge on any atom is -0.392 e. The van der Waals surface area contributed by atoms with Crippen molar-refractivity contribution in [2.45, 2.75) is 32.1 Å². The van der Waals surface area contributed by atoms with Crippen LogP contribution in [0.4, 0.5) is 0 Å². The van der Waals surface area contributed by atoms with Crippen LogP contribution in [0.5, 0.6) is 0 Å². The molecule has 1 aromatic rings. The highest BCUT2D eigenvalue weighted by molar-refractivity contribution is 6.25. The van der Waals surface area contributed by atoms with Gasteiger partial charge in [0.05, 0.1) is 5.71 Å². The maximum absolute atomic E-state index is 12.5. The molecule has 0 spiro atoms. The monoisotopic (exact) mass is 337 g/mol. The van der Waals surface area contributed by atoms with Crippen LogP contribution in [0.15, 0.2) is 29.0 Å². The summed E-state index contributed by atoms with van der Waals surface area (Å²) < 4.78 is 1.71. The van der Waals surface area contributed by atoms with Crippen molar-refractivity contribution in [2.24, 2.45) is 18.1 Å². The van der Waals surface area contributed by atoms with Gasteiger partial charge in [-0.05, 0) is 18.6 Å². The second kappa shape index (κ2) is 8.06. The molecule has 1 aromatic heterocycles. The number of rotatable bonds is 6. The van der Waals surface area contributed by atoms with Crippen molar-refractivity contribution in [1.82, 2.24) is 9.78 Å². The Labute approximate surface area is 140 Å². The van der Waals surface area contributed by atoms with Crippen molar-refractivity contribution in [3.05, 3.63) is 29.6 Å². The number of halogens is 1. The van der Waals surface area contributed by atoms with E-state index in [0.717, 1.165) is 5.69 Å². The maximum atomic E-state index is 12.5. The summed E-state index contributed by atoms with van der Waals surface area (Å²) in [5.74, 6) is -1.12. The Morgan fingerprint density at radius 2 is 2.17 bits per heavy atom. The van der Waals surface area contributed by atoms with Gasteiger partial charge in [-0.1, -0.05) is 23.7 Å². The van der Waals surface area contributed by atoms with E-state index in [-0.39, 0.29) is 24.1 Å². The molecule has 0 aromatic carbocycles. The molecule has 1 aliphatic carbocycles. The van der Waals surface area contributed by atoms with Gasteiger partial charge in [0.1, 0.15) is 24.1 Å². The summed E-state index contributed by atoms with van der Waals surface area (Å²) in [5, 5.41) is 8.06. The van der Waals surface area contributed by atoms with Crippen LogP contribution in [-0.2, 0) is 21.5 Å². The zero-order valence-corrected chi connectivity index (χ0v) is 14.0. The molecule has 0 radical (unpaired) electrons. The normalized spacial score (nSPS) is 22.8. The van der Waals surface area contributed by atoms with Gasteiger partial charge in [-0.2, -0.15) is 5.10 Å². The van der Waals surface area contributed by atoms with E-state index in [1.165, 1.54) is 5.54 Å². The van der Waals surface area contributed by atoms with Crippen LogP contribution >= 0.6 is 11.6 Å². The van der Waals surface area contributed by atoms with Gasteiger partial charge >= 0.3 is 0 Å². The van der Waals surface area contributed by atoms with Gasteiger partial charge in [0.15, 0.2) is 0 Å². The number of aromatic nitrogens is 2. The standard InChI is InChI=1S/C16H20ClN3O3/c1-3-12(19-23-8-4-6-17)16-14(21)9-11(10-15(16)22)13-5-7-18-20(13)2/h4-7,11,16H,3,8-10H2,1-2H3/b6-4+,19-12+. The fourth-order valence-corrected chi connectivity index (χ4v) is 2.93. The molecule has 2 rings (SSSR count). The van der Waals surface area contributed by atoms with Crippen molar-refractivity contribution in [3.63, 3.8) is 0 Å². The summed E-state index contributed by atoms with van der Waals surface area (Å²) in [6.07, 6.45) is 4.38. The quantitative estimate of drug-likeness (QED) is 0.346. The molecule has 23 heavy (non-hydrogen) atoms. The molecule has 1 saturated carbocycles. The summed E-state index contributed by atoms with van der Waals surface area (Å²) in [7, 11) is 1.81. The predicted molar refractivity (Wildman–Crippen MR) is 87.4 cm³/mol. The zero-order valence-electron chi connectivity index (χ0n) is 13.2. The van der Waals surface area contributed by atoms with E-state index in [0.29, 0.717) is 25.0 Å². The molecular weight excluding hydrogens is 318 g/mol. The van der Waals surface area contributed by atoms with E-state index in [1.54, 1.807) is 17.0 Å². The predicted octanol–water partition coefficient (Wildman–Crippen LogP) is 2.59. The molecule has 0 amide bonds. The molecule has 0 aliphatic heterocycles. The number of nitrogens with zero attached hydrogens (tertiary/aromatic N) is 3. The number of Topliss-reactive ketones (excluding diaryl/α,β-unsaturated/α-hetero) is 2. The van der Waals surface area contributed by atoms with Gasteiger partial charge in [-0.15, -0.1) is 0 Å². The van der Waals surface area contributed by atoms with Crippen LogP contribution in [0.1, 0.15) is 37.8 Å². The SMILES string of the molecule is CC/C(=N\OC/C=C/Cl)C1C(=O)CC(c2ccnn2C)CC1=O. The van der Waals surface area contributed by atoms with Crippen molar-refractivity contribution in [1.29, 1.82) is 0 Å². The second-order valence-corrected chi connectivity index (χ2v) is 5.70. The number of oxime groups is 1. The van der Waals surface area contributed by atoms with E-state index in [4.69, 9.17) is 16.4 Å². The topological polar surface area (TPSA) is 73.5 Å². The first-order chi connectivity index (χ1) is 11.1. The van der Waals surface area contributed by atoms with Crippen molar-refractivity contribution < 1.29 is 14.4 Å². The first-order valence-corrected chi connectivity index (χ1v) is 7.99. The Balaban J connectivity index is 2.11. The van der Waals surface area contributed by atoms with Gasteiger partial charge in [0.25, 0.3) is 0 Å². The molecule has 1 aliphatic rings. The summed E-state index contributed by atoms with van der Waals surface area (Å²) >= 11 is 5.40. The summed E-state index contributed by atoms with van der Waals surface area (Å²) in [5.41, 5.74) is 2.71. The molecule has 0 bridgehead atoms. The van der Waals surface area contributed by atoms with Crippen molar-refractivity contribution in [3.8, 4) is 0 Å². The van der Waals surface area contributed by atoms with E-state index in [1.807, 2.05) is 20.0 Å². The lowest BCUT2D eigenvalue weighted by molar-refractivity contribution is -0.133. The van der Waals surface area contributed by atoms with Crippen LogP contribution in [0.3, 0.4) is 0 Å². The highest BCUT2D eigenvalue weighted by Gasteiger charge is 2.39. The third-order valence-corrected chi connectivity index (χ3v) is 4.13. The average molecular weight is 338 g/mol. The fraction of sp³-hybridized carbons (Fsp3) is 0.500. The van der Waals surface area contributed by atoms with Crippen LogP contribution in [-0.4, -0.2) is 33.7 Å². The maximum Gasteiger partial charge on any atom is 0.149 e. The second-order valence-electron chi connectivity index (χ2n) is 5.44. The van der Waals surface area contributed by atoms with Gasteiger partial charge in [0, 0.05) is 43.2 Å². The number of hydrogen-bond acceptors (Lipinski definition) is 5. The Morgan fingerprint density at radius 3 is 2.70 bits per heavy atom. The fourth-order valence-electron chi connectivity index (χ4n) is 2.86. The first kappa shape index (κ1) is 17.4. The third kappa shape index (κ3) is 4.07. The molecule has 6 nitrogen and oxygen atoms in total. The largest absolute Gasteiger partial charge is 0.392 e. The minimum absolute atomic E-state index is 0.107. The van der Waals surface area contributed by atoms with E-state index >= 15 is 0 Å². The number of carbonyl (C=O) groups excluding carboxylic acids is 2. The lowest BCUT2D eigenvalue weighted by Gasteiger charge is -2.26. The van der Waals surface area contributed by atoms with Crippen LogP contribution in [0.25, 0.3) is 0 Å². The number of ketones is 2. The van der Waals surface area contributed by atoms with Crippen molar-refractivity contribution >= 4 is 28.9 Å². The third-order valence-electron chi connectivity index (χ3n) is 3.95. The van der Waals surface area contributed by atoms with Gasteiger partial charge in [-0.25, -0.2) is 0 Å².